The van der Waals surface area contributed by atoms with Crippen molar-refractivity contribution < 1.29 is 19.7 Å². The number of carboxylic acids is 1. The molecule has 1 aromatic heterocycles. The summed E-state index contributed by atoms with van der Waals surface area (Å²) in [5.74, 6) is -0.754. The average Bonchev–Trinajstić information content (AvgIpc) is 2.70. The first-order valence-electron chi connectivity index (χ1n) is 5.95. The molecule has 18 heavy (non-hydrogen) atoms. The molecule has 6 heteroatoms. The number of aliphatic hydroxyl groups is 1. The van der Waals surface area contributed by atoms with E-state index in [1.54, 1.807) is 6.92 Å². The Labute approximate surface area is 106 Å². The molecule has 0 aliphatic heterocycles. The highest BCUT2D eigenvalue weighted by molar-refractivity contribution is 5.87. The van der Waals surface area contributed by atoms with E-state index in [2.05, 4.69) is 9.97 Å². The maximum Gasteiger partial charge on any atom is 0.356 e. The fourth-order valence-corrected chi connectivity index (χ4v) is 1.56. The number of nitrogens with one attached hydrogen (secondary N) is 1. The molecule has 1 rings (SSSR count). The van der Waals surface area contributed by atoms with Gasteiger partial charge in [0.2, 0.25) is 0 Å². The van der Waals surface area contributed by atoms with Crippen molar-refractivity contribution in [2.75, 3.05) is 6.61 Å². The second-order valence-electron chi connectivity index (χ2n) is 4.72. The monoisotopic (exact) mass is 256 g/mol. The minimum absolute atomic E-state index is 0.163. The van der Waals surface area contributed by atoms with Gasteiger partial charge in [0.05, 0.1) is 5.69 Å². The summed E-state index contributed by atoms with van der Waals surface area (Å²) in [5.41, 5.74) is -1.26. The molecule has 0 aliphatic carbocycles. The van der Waals surface area contributed by atoms with E-state index in [1.807, 2.05) is 6.92 Å². The molecule has 3 N–H and O–H groups in total. The van der Waals surface area contributed by atoms with Crippen molar-refractivity contribution >= 4 is 5.97 Å². The van der Waals surface area contributed by atoms with Gasteiger partial charge in [-0.25, -0.2) is 9.78 Å². The third-order valence-electron chi connectivity index (χ3n) is 2.49. The predicted molar refractivity (Wildman–Crippen MR) is 65.4 cm³/mol. The van der Waals surface area contributed by atoms with E-state index in [0.29, 0.717) is 12.4 Å². The van der Waals surface area contributed by atoms with Crippen LogP contribution in [0.25, 0.3) is 0 Å². The number of aromatic nitrogens is 2. The number of ether oxygens (including phenoxy) is 1. The molecule has 0 amide bonds. The first kappa shape index (κ1) is 14.7. The molecular weight excluding hydrogens is 236 g/mol. The van der Waals surface area contributed by atoms with Gasteiger partial charge in [-0.15, -0.1) is 0 Å². The van der Waals surface area contributed by atoms with Crippen LogP contribution in [0.15, 0.2) is 0 Å². The normalized spacial score (nSPS) is 13.6. The van der Waals surface area contributed by atoms with Crippen molar-refractivity contribution in [3.05, 3.63) is 17.2 Å². The number of nitrogens with zero attached hydrogens (tertiary/aromatic N) is 1. The van der Waals surface area contributed by atoms with Gasteiger partial charge in [-0.2, -0.15) is 0 Å². The lowest BCUT2D eigenvalue weighted by atomic mass is 10.0. The SMILES string of the molecule is CCCOC(C)c1nc(C(=O)O)c(C(C)(C)O)[nH]1. The average molecular weight is 256 g/mol. The van der Waals surface area contributed by atoms with Crippen LogP contribution in [0.5, 0.6) is 0 Å². The smallest absolute Gasteiger partial charge is 0.356 e. The number of aromatic amines is 1. The van der Waals surface area contributed by atoms with Crippen LogP contribution in [-0.4, -0.2) is 32.8 Å². The van der Waals surface area contributed by atoms with Crippen molar-refractivity contribution in [2.45, 2.75) is 45.8 Å². The molecule has 0 saturated heterocycles. The number of imidazole rings is 1. The van der Waals surface area contributed by atoms with Crippen molar-refractivity contribution in [3.63, 3.8) is 0 Å². The highest BCUT2D eigenvalue weighted by atomic mass is 16.5. The summed E-state index contributed by atoms with van der Waals surface area (Å²) in [6, 6.07) is 0. The maximum atomic E-state index is 11.1. The number of hydrogen-bond donors (Lipinski definition) is 3. The van der Waals surface area contributed by atoms with Gasteiger partial charge in [-0.05, 0) is 27.2 Å². The third kappa shape index (κ3) is 3.30. The Bertz CT molecular complexity index is 420. The molecule has 102 valence electrons. The zero-order valence-electron chi connectivity index (χ0n) is 11.1. The lowest BCUT2D eigenvalue weighted by Crippen LogP contribution is -2.20. The van der Waals surface area contributed by atoms with Gasteiger partial charge >= 0.3 is 5.97 Å². The van der Waals surface area contributed by atoms with Crippen molar-refractivity contribution in [2.24, 2.45) is 0 Å². The molecule has 0 fully saturated rings. The van der Waals surface area contributed by atoms with Crippen molar-refractivity contribution in [1.82, 2.24) is 9.97 Å². The number of H-pyrrole nitrogens is 1. The lowest BCUT2D eigenvalue weighted by molar-refractivity contribution is 0.0575. The second kappa shape index (κ2) is 5.49. The molecule has 6 nitrogen and oxygen atoms in total. The van der Waals surface area contributed by atoms with E-state index in [9.17, 15) is 9.90 Å². The van der Waals surface area contributed by atoms with Gasteiger partial charge in [-0.3, -0.25) is 0 Å². The Kier molecular flexibility index (Phi) is 4.48. The molecule has 1 heterocycles. The minimum Gasteiger partial charge on any atom is -0.476 e. The van der Waals surface area contributed by atoms with E-state index in [1.165, 1.54) is 13.8 Å². The van der Waals surface area contributed by atoms with E-state index >= 15 is 0 Å². The summed E-state index contributed by atoms with van der Waals surface area (Å²) in [6.45, 7) is 7.36. The Balaban J connectivity index is 3.06. The summed E-state index contributed by atoms with van der Waals surface area (Å²) in [5, 5.41) is 19.0. The standard InChI is InChI=1S/C12H20N2O4/c1-5-6-18-7(2)10-13-8(11(15)16)9(14-10)12(3,4)17/h7,17H,5-6H2,1-4H3,(H,13,14)(H,15,16). The molecule has 1 aromatic rings. The van der Waals surface area contributed by atoms with E-state index in [-0.39, 0.29) is 17.5 Å². The molecule has 0 saturated carbocycles. The summed E-state index contributed by atoms with van der Waals surface area (Å²) in [6.07, 6.45) is 0.536. The number of rotatable bonds is 6. The first-order valence-corrected chi connectivity index (χ1v) is 5.95. The highest BCUT2D eigenvalue weighted by Crippen LogP contribution is 2.24. The summed E-state index contributed by atoms with van der Waals surface area (Å²) < 4.78 is 5.47. The highest BCUT2D eigenvalue weighted by Gasteiger charge is 2.29. The summed E-state index contributed by atoms with van der Waals surface area (Å²) in [7, 11) is 0. The number of hydrogen-bond acceptors (Lipinski definition) is 4. The maximum absolute atomic E-state index is 11.1. The van der Waals surface area contributed by atoms with E-state index in [0.717, 1.165) is 6.42 Å². The molecular formula is C12H20N2O4. The van der Waals surface area contributed by atoms with Gasteiger partial charge in [-0.1, -0.05) is 6.92 Å². The number of aromatic carboxylic acids is 1. The largest absolute Gasteiger partial charge is 0.476 e. The summed E-state index contributed by atoms with van der Waals surface area (Å²) >= 11 is 0. The van der Waals surface area contributed by atoms with Gasteiger partial charge < -0.3 is 19.9 Å². The predicted octanol–water partition coefficient (Wildman–Crippen LogP) is 1.82. The van der Waals surface area contributed by atoms with Crippen LogP contribution in [0.4, 0.5) is 0 Å². The Morgan fingerprint density at radius 2 is 2.17 bits per heavy atom. The zero-order valence-corrected chi connectivity index (χ0v) is 11.1. The quantitative estimate of drug-likeness (QED) is 0.721. The molecule has 0 bridgehead atoms. The van der Waals surface area contributed by atoms with Crippen LogP contribution in [-0.2, 0) is 10.3 Å². The van der Waals surface area contributed by atoms with Crippen molar-refractivity contribution in [3.8, 4) is 0 Å². The topological polar surface area (TPSA) is 95.4 Å². The van der Waals surface area contributed by atoms with Crippen molar-refractivity contribution in [1.29, 1.82) is 0 Å². The van der Waals surface area contributed by atoms with Crippen LogP contribution in [0.2, 0.25) is 0 Å². The van der Waals surface area contributed by atoms with Gasteiger partial charge in [0, 0.05) is 6.61 Å². The van der Waals surface area contributed by atoms with Crippen LogP contribution in [0.3, 0.4) is 0 Å². The van der Waals surface area contributed by atoms with Crippen LogP contribution < -0.4 is 0 Å². The lowest BCUT2D eigenvalue weighted by Gasteiger charge is -2.16. The molecule has 0 radical (unpaired) electrons. The van der Waals surface area contributed by atoms with Crippen LogP contribution in [0.1, 0.15) is 62.2 Å². The van der Waals surface area contributed by atoms with Crippen LogP contribution in [0, 0.1) is 0 Å². The Morgan fingerprint density at radius 1 is 1.56 bits per heavy atom. The molecule has 1 unspecified atom stereocenters. The number of carboxylic acid groups (broad SMARTS) is 1. The van der Waals surface area contributed by atoms with E-state index < -0.39 is 11.6 Å². The third-order valence-corrected chi connectivity index (χ3v) is 2.49. The number of carbonyl (C=O) groups is 1. The van der Waals surface area contributed by atoms with Gasteiger partial charge in [0.1, 0.15) is 17.5 Å². The Morgan fingerprint density at radius 3 is 2.56 bits per heavy atom. The Hall–Kier alpha value is -1.40. The first-order chi connectivity index (χ1) is 8.27. The van der Waals surface area contributed by atoms with Crippen LogP contribution >= 0.6 is 0 Å². The fraction of sp³-hybridized carbons (Fsp3) is 0.667. The zero-order chi connectivity index (χ0) is 13.9. The molecule has 0 spiro atoms. The van der Waals surface area contributed by atoms with Gasteiger partial charge in [0.15, 0.2) is 5.69 Å². The molecule has 0 aromatic carbocycles. The van der Waals surface area contributed by atoms with E-state index in [4.69, 9.17) is 9.84 Å². The summed E-state index contributed by atoms with van der Waals surface area (Å²) in [4.78, 5) is 17.9. The second-order valence-corrected chi connectivity index (χ2v) is 4.72. The minimum atomic E-state index is -1.29. The fourth-order valence-electron chi connectivity index (χ4n) is 1.56. The van der Waals surface area contributed by atoms with Gasteiger partial charge in [0.25, 0.3) is 0 Å². The molecule has 0 aliphatic rings. The molecule has 1 atom stereocenters.